The Hall–Kier alpha value is -4.76. The van der Waals surface area contributed by atoms with Crippen LogP contribution in [0.4, 0.5) is 21.5 Å². The third-order valence-corrected chi connectivity index (χ3v) is 9.20. The van der Waals surface area contributed by atoms with Gasteiger partial charge in [0, 0.05) is 55.7 Å². The number of pyridine rings is 1. The highest BCUT2D eigenvalue weighted by Gasteiger charge is 2.25. The van der Waals surface area contributed by atoms with Crippen LogP contribution in [-0.2, 0) is 0 Å². The summed E-state index contributed by atoms with van der Waals surface area (Å²) in [7, 11) is 3.43. The van der Waals surface area contributed by atoms with Crippen LogP contribution in [0.5, 0.6) is 0 Å². The van der Waals surface area contributed by atoms with Gasteiger partial charge in [0.05, 0.1) is 45.1 Å². The summed E-state index contributed by atoms with van der Waals surface area (Å²) < 4.78 is 15.9. The Morgan fingerprint density at radius 3 is 2.58 bits per heavy atom. The molecular formula is C35H34Cl2FN9O. The fourth-order valence-corrected chi connectivity index (χ4v) is 6.43. The number of fused-ring (bicyclic) bond motifs is 1. The standard InChI is InChI=1S/C35H34Cl2FN9O/c1-4-46-12-10-26(11-13-46)47-20-31(43-44-47)33(21-6-5-7-22(14-21)35(48)45(2)3)42-25-15-27-32(41-24-8-9-30(38)28(36)16-24)23(18-39)19-40-34(27)29(37)17-25/h5-9,14-17,19-20,26,33,42H,4,10-13H2,1-3H3,(H,40,41). The van der Waals surface area contributed by atoms with Crippen molar-refractivity contribution in [1.82, 2.24) is 29.8 Å². The number of carbonyl (C=O) groups is 1. The van der Waals surface area contributed by atoms with E-state index in [1.165, 1.54) is 29.3 Å². The number of hydrogen-bond acceptors (Lipinski definition) is 8. The summed E-state index contributed by atoms with van der Waals surface area (Å²) in [5.74, 6) is -0.676. The zero-order chi connectivity index (χ0) is 33.9. The molecule has 1 aliphatic rings. The lowest BCUT2D eigenvalue weighted by Crippen LogP contribution is -2.34. The molecule has 0 aliphatic carbocycles. The average molecular weight is 687 g/mol. The van der Waals surface area contributed by atoms with Gasteiger partial charge in [-0.3, -0.25) is 9.78 Å². The van der Waals surface area contributed by atoms with E-state index < -0.39 is 11.9 Å². The van der Waals surface area contributed by atoms with E-state index >= 15 is 0 Å². The first-order chi connectivity index (χ1) is 23.1. The molecule has 0 saturated carbocycles. The first-order valence-corrected chi connectivity index (χ1v) is 16.4. The molecule has 0 bridgehead atoms. The highest BCUT2D eigenvalue weighted by Crippen LogP contribution is 2.37. The van der Waals surface area contributed by atoms with Crippen molar-refractivity contribution in [3.63, 3.8) is 0 Å². The lowest BCUT2D eigenvalue weighted by Gasteiger charge is -2.30. The normalized spacial score (nSPS) is 14.4. The highest BCUT2D eigenvalue weighted by atomic mass is 35.5. The Balaban J connectivity index is 1.42. The number of hydrogen-bond donors (Lipinski definition) is 2. The van der Waals surface area contributed by atoms with E-state index in [1.807, 2.05) is 35.1 Å². The van der Waals surface area contributed by atoms with Crippen molar-refractivity contribution >= 4 is 57.1 Å². The van der Waals surface area contributed by atoms with Crippen LogP contribution in [0.25, 0.3) is 10.9 Å². The summed E-state index contributed by atoms with van der Waals surface area (Å²) in [5, 5.41) is 26.8. The number of carbonyl (C=O) groups excluding carboxylic acids is 1. The summed E-state index contributed by atoms with van der Waals surface area (Å²) in [6, 6.07) is 17.1. The number of nitrogens with one attached hydrogen (secondary N) is 2. The van der Waals surface area contributed by atoms with E-state index in [0.29, 0.717) is 44.2 Å². The Morgan fingerprint density at radius 2 is 1.88 bits per heavy atom. The predicted octanol–water partition coefficient (Wildman–Crippen LogP) is 7.45. The van der Waals surface area contributed by atoms with Crippen LogP contribution in [0.3, 0.4) is 0 Å². The van der Waals surface area contributed by atoms with Gasteiger partial charge >= 0.3 is 0 Å². The summed E-state index contributed by atoms with van der Waals surface area (Å²) in [4.78, 5) is 21.4. The lowest BCUT2D eigenvalue weighted by molar-refractivity contribution is 0.0827. The largest absolute Gasteiger partial charge is 0.373 e. The molecule has 5 aromatic rings. The number of nitrogens with zero attached hydrogens (tertiary/aromatic N) is 7. The third kappa shape index (κ3) is 6.92. The Kier molecular flexibility index (Phi) is 9.78. The van der Waals surface area contributed by atoms with Gasteiger partial charge in [-0.1, -0.05) is 47.5 Å². The molecule has 0 radical (unpaired) electrons. The molecule has 3 aromatic carbocycles. The van der Waals surface area contributed by atoms with Crippen molar-refractivity contribution < 1.29 is 9.18 Å². The number of likely N-dealkylation sites (tertiary alicyclic amines) is 1. The molecule has 1 fully saturated rings. The Morgan fingerprint density at radius 1 is 1.10 bits per heavy atom. The van der Waals surface area contributed by atoms with Gasteiger partial charge in [0.2, 0.25) is 0 Å². The number of amides is 1. The van der Waals surface area contributed by atoms with Crippen LogP contribution >= 0.6 is 23.2 Å². The molecule has 6 rings (SSSR count). The molecule has 1 saturated heterocycles. The third-order valence-electron chi connectivity index (χ3n) is 8.62. The minimum Gasteiger partial charge on any atom is -0.373 e. The number of rotatable bonds is 9. The summed E-state index contributed by atoms with van der Waals surface area (Å²) in [6.07, 6.45) is 5.36. The van der Waals surface area contributed by atoms with E-state index in [4.69, 9.17) is 23.2 Å². The quantitative estimate of drug-likeness (QED) is 0.164. The fraction of sp³-hybridized carbons (Fsp3) is 0.286. The van der Waals surface area contributed by atoms with Crippen molar-refractivity contribution in [2.24, 2.45) is 0 Å². The van der Waals surface area contributed by atoms with Gasteiger partial charge in [-0.25, -0.2) is 9.07 Å². The maximum atomic E-state index is 13.9. The highest BCUT2D eigenvalue weighted by molar-refractivity contribution is 6.36. The van der Waals surface area contributed by atoms with E-state index in [0.717, 1.165) is 38.0 Å². The topological polar surface area (TPSA) is 115 Å². The van der Waals surface area contributed by atoms with E-state index in [-0.39, 0.29) is 22.5 Å². The minimum absolute atomic E-state index is 0.0564. The maximum Gasteiger partial charge on any atom is 0.253 e. The molecule has 48 heavy (non-hydrogen) atoms. The molecular weight excluding hydrogens is 652 g/mol. The number of halogens is 3. The van der Waals surface area contributed by atoms with Crippen LogP contribution in [0.1, 0.15) is 59.0 Å². The Bertz CT molecular complexity index is 2020. The monoisotopic (exact) mass is 685 g/mol. The molecule has 2 N–H and O–H groups in total. The van der Waals surface area contributed by atoms with E-state index in [2.05, 4.69) is 43.8 Å². The molecule has 3 heterocycles. The lowest BCUT2D eigenvalue weighted by atomic mass is 10.00. The molecule has 13 heteroatoms. The molecule has 1 amide bonds. The van der Waals surface area contributed by atoms with Crippen molar-refractivity contribution in [2.45, 2.75) is 31.8 Å². The van der Waals surface area contributed by atoms with Crippen molar-refractivity contribution in [3.8, 4) is 6.07 Å². The van der Waals surface area contributed by atoms with Crippen molar-refractivity contribution in [1.29, 1.82) is 5.26 Å². The number of piperidine rings is 1. The number of nitriles is 1. The zero-order valence-corrected chi connectivity index (χ0v) is 28.2. The molecule has 0 spiro atoms. The van der Waals surface area contributed by atoms with E-state index in [9.17, 15) is 14.4 Å². The molecule has 10 nitrogen and oxygen atoms in total. The second-order valence-electron chi connectivity index (χ2n) is 12.0. The first kappa shape index (κ1) is 33.2. The SMILES string of the molecule is CCN1CCC(n2cc(C(Nc3cc(Cl)c4ncc(C#N)c(Nc5ccc(F)c(Cl)c5)c4c3)c3cccc(C(=O)N(C)C)c3)nn2)CC1. The smallest absolute Gasteiger partial charge is 0.253 e. The van der Waals surface area contributed by atoms with Crippen LogP contribution in [0, 0.1) is 17.1 Å². The second kappa shape index (κ2) is 14.2. The van der Waals surface area contributed by atoms with Gasteiger partial charge in [-0.05, 0) is 67.4 Å². The second-order valence-corrected chi connectivity index (χ2v) is 12.8. The number of aromatic nitrogens is 4. The summed E-state index contributed by atoms with van der Waals surface area (Å²) >= 11 is 12.9. The molecule has 1 aliphatic heterocycles. The van der Waals surface area contributed by atoms with Crippen LogP contribution in [0.15, 0.2) is 67.0 Å². The molecule has 1 unspecified atom stereocenters. The van der Waals surface area contributed by atoms with Gasteiger partial charge in [0.15, 0.2) is 0 Å². The molecule has 246 valence electrons. The Labute approximate surface area is 288 Å². The summed E-state index contributed by atoms with van der Waals surface area (Å²) in [5.41, 5.74) is 4.28. The van der Waals surface area contributed by atoms with Crippen molar-refractivity contribution in [3.05, 3.63) is 105 Å². The maximum absolute atomic E-state index is 13.9. The average Bonchev–Trinajstić information content (AvgIpc) is 3.59. The minimum atomic E-state index is -0.553. The summed E-state index contributed by atoms with van der Waals surface area (Å²) in [6.45, 7) is 5.20. The van der Waals surface area contributed by atoms with Crippen molar-refractivity contribution in [2.75, 3.05) is 44.4 Å². The van der Waals surface area contributed by atoms with Gasteiger partial charge in [0.25, 0.3) is 5.91 Å². The number of anilines is 3. The zero-order valence-electron chi connectivity index (χ0n) is 26.7. The fourth-order valence-electron chi connectivity index (χ4n) is 5.99. The van der Waals surface area contributed by atoms with E-state index in [1.54, 1.807) is 26.2 Å². The van der Waals surface area contributed by atoms with Crippen LogP contribution < -0.4 is 10.6 Å². The molecule has 2 aromatic heterocycles. The molecule has 1 atom stereocenters. The predicted molar refractivity (Wildman–Crippen MR) is 186 cm³/mol. The van der Waals surface area contributed by atoms with Crippen LogP contribution in [-0.4, -0.2) is 69.4 Å². The van der Waals surface area contributed by atoms with Gasteiger partial charge in [-0.15, -0.1) is 5.10 Å². The van der Waals surface area contributed by atoms with Gasteiger partial charge in [-0.2, -0.15) is 5.26 Å². The van der Waals surface area contributed by atoms with Crippen LogP contribution in [0.2, 0.25) is 10.0 Å². The number of benzene rings is 3. The van der Waals surface area contributed by atoms with Gasteiger partial charge in [0.1, 0.15) is 17.6 Å². The van der Waals surface area contributed by atoms with Gasteiger partial charge < -0.3 is 20.4 Å². The first-order valence-electron chi connectivity index (χ1n) is 15.6.